The number of piperidine rings is 1. The molecule has 4 rings (SSSR count). The number of nitrogens with one attached hydrogen (secondary N) is 1. The van der Waals surface area contributed by atoms with Gasteiger partial charge < -0.3 is 10.2 Å². The van der Waals surface area contributed by atoms with Gasteiger partial charge in [0.05, 0.1) is 6.20 Å². The number of anilines is 1. The van der Waals surface area contributed by atoms with Crippen LogP contribution in [0.15, 0.2) is 30.6 Å². The van der Waals surface area contributed by atoms with E-state index in [-0.39, 0.29) is 17.0 Å². The molecule has 1 N–H and O–H groups in total. The zero-order chi connectivity index (χ0) is 19.7. The van der Waals surface area contributed by atoms with Crippen molar-refractivity contribution in [2.75, 3.05) is 24.5 Å². The van der Waals surface area contributed by atoms with Gasteiger partial charge in [0, 0.05) is 31.9 Å². The van der Waals surface area contributed by atoms with E-state index in [2.05, 4.69) is 20.3 Å². The smallest absolute Gasteiger partial charge is 0.244 e. The topological polar surface area (TPSA) is 71.0 Å². The number of pyridine rings is 1. The normalized spacial score (nSPS) is 23.1. The van der Waals surface area contributed by atoms with Crippen LogP contribution in [0.1, 0.15) is 12.0 Å². The first kappa shape index (κ1) is 19.1. The predicted octanol–water partition coefficient (Wildman–Crippen LogP) is 3.22. The fourth-order valence-electron chi connectivity index (χ4n) is 3.89. The van der Waals surface area contributed by atoms with Crippen LogP contribution in [-0.2, 0) is 4.79 Å². The van der Waals surface area contributed by atoms with E-state index >= 15 is 0 Å². The maximum atomic E-state index is 13.9. The van der Waals surface area contributed by atoms with Crippen LogP contribution < -0.4 is 10.2 Å². The van der Waals surface area contributed by atoms with Crippen LogP contribution in [0.25, 0.3) is 6.08 Å². The van der Waals surface area contributed by atoms with Crippen molar-refractivity contribution >= 4 is 41.0 Å². The molecule has 6 nitrogen and oxygen atoms in total. The van der Waals surface area contributed by atoms with E-state index in [0.29, 0.717) is 29.5 Å². The third-order valence-corrected chi connectivity index (χ3v) is 5.73. The highest BCUT2D eigenvalue weighted by molar-refractivity contribution is 6.29. The first-order valence-electron chi connectivity index (χ1n) is 9.01. The van der Waals surface area contributed by atoms with Gasteiger partial charge in [0.1, 0.15) is 5.15 Å². The Morgan fingerprint density at radius 1 is 1.25 bits per heavy atom. The average molecular weight is 422 g/mol. The molecule has 0 radical (unpaired) electrons. The summed E-state index contributed by atoms with van der Waals surface area (Å²) in [6.07, 6.45) is 6.82. The van der Waals surface area contributed by atoms with Crippen LogP contribution in [0.3, 0.4) is 0 Å². The van der Waals surface area contributed by atoms with Gasteiger partial charge in [-0.3, -0.25) is 4.79 Å². The molecule has 0 aromatic carbocycles. The lowest BCUT2D eigenvalue weighted by molar-refractivity contribution is -0.116. The number of carbonyl (C=O) groups is 1. The van der Waals surface area contributed by atoms with Gasteiger partial charge in [0.25, 0.3) is 0 Å². The van der Waals surface area contributed by atoms with Gasteiger partial charge in [-0.1, -0.05) is 17.7 Å². The Morgan fingerprint density at radius 3 is 2.75 bits per heavy atom. The van der Waals surface area contributed by atoms with Crippen LogP contribution in [0, 0.1) is 23.6 Å². The summed E-state index contributed by atoms with van der Waals surface area (Å²) in [7, 11) is 0. The molecule has 1 saturated heterocycles. The van der Waals surface area contributed by atoms with Crippen LogP contribution in [0.4, 0.5) is 10.2 Å². The second-order valence-electron chi connectivity index (χ2n) is 7.03. The Morgan fingerprint density at radius 2 is 2.04 bits per heavy atom. The molecule has 9 heteroatoms. The first-order valence-corrected chi connectivity index (χ1v) is 9.77. The molecule has 3 atom stereocenters. The van der Waals surface area contributed by atoms with Crippen molar-refractivity contribution in [1.82, 2.24) is 20.3 Å². The Labute approximate surface area is 171 Å². The van der Waals surface area contributed by atoms with E-state index in [0.717, 1.165) is 31.3 Å². The molecule has 0 bridgehead atoms. The van der Waals surface area contributed by atoms with Gasteiger partial charge in [-0.25, -0.2) is 14.4 Å². The number of halogens is 3. The lowest BCUT2D eigenvalue weighted by Gasteiger charge is -2.21. The third kappa shape index (κ3) is 4.25. The predicted molar refractivity (Wildman–Crippen MR) is 106 cm³/mol. The number of amides is 1. The minimum Gasteiger partial charge on any atom is -0.353 e. The second-order valence-corrected chi connectivity index (χ2v) is 7.76. The minimum atomic E-state index is -0.447. The van der Waals surface area contributed by atoms with Crippen molar-refractivity contribution in [2.24, 2.45) is 17.8 Å². The van der Waals surface area contributed by atoms with Gasteiger partial charge in [-0.2, -0.15) is 4.98 Å². The summed E-state index contributed by atoms with van der Waals surface area (Å²) in [6, 6.07) is 3.47. The molecule has 1 aliphatic carbocycles. The van der Waals surface area contributed by atoms with E-state index in [1.165, 1.54) is 6.08 Å². The van der Waals surface area contributed by atoms with Crippen molar-refractivity contribution in [3.8, 4) is 0 Å². The molecular weight excluding hydrogens is 404 g/mol. The summed E-state index contributed by atoms with van der Waals surface area (Å²) in [5, 5.41) is 3.37. The lowest BCUT2D eigenvalue weighted by Crippen LogP contribution is -2.28. The molecule has 1 amide bonds. The van der Waals surface area contributed by atoms with Crippen molar-refractivity contribution < 1.29 is 9.18 Å². The zero-order valence-electron chi connectivity index (χ0n) is 14.9. The number of fused-ring (bicyclic) bond motifs is 1. The van der Waals surface area contributed by atoms with Gasteiger partial charge in [-0.05, 0) is 53.5 Å². The fourth-order valence-corrected chi connectivity index (χ4v) is 4.13. The highest BCUT2D eigenvalue weighted by Crippen LogP contribution is 2.54. The number of aromatic nitrogens is 3. The van der Waals surface area contributed by atoms with Crippen LogP contribution in [0.2, 0.25) is 10.4 Å². The van der Waals surface area contributed by atoms with Gasteiger partial charge in [0.2, 0.25) is 11.2 Å². The molecule has 2 aliphatic rings. The molecule has 146 valence electrons. The number of nitrogens with zero attached hydrogens (tertiary/aromatic N) is 4. The molecule has 1 saturated carbocycles. The van der Waals surface area contributed by atoms with E-state index in [9.17, 15) is 9.18 Å². The molecule has 1 aliphatic heterocycles. The number of hydrogen-bond acceptors (Lipinski definition) is 5. The highest BCUT2D eigenvalue weighted by Gasteiger charge is 2.55. The highest BCUT2D eigenvalue weighted by atomic mass is 35.5. The first-order chi connectivity index (χ1) is 13.5. The van der Waals surface area contributed by atoms with Gasteiger partial charge in [-0.15, -0.1) is 0 Å². The van der Waals surface area contributed by atoms with Crippen molar-refractivity contribution in [1.29, 1.82) is 0 Å². The van der Waals surface area contributed by atoms with Crippen molar-refractivity contribution in [2.45, 2.75) is 6.42 Å². The molecular formula is C19H18Cl2FN5O. The summed E-state index contributed by atoms with van der Waals surface area (Å²) in [5.41, 5.74) is 0.813. The monoisotopic (exact) mass is 421 g/mol. The molecule has 1 unspecified atom stereocenters. The lowest BCUT2D eigenvalue weighted by atomic mass is 10.2. The summed E-state index contributed by atoms with van der Waals surface area (Å²) in [4.78, 5) is 25.5. The summed E-state index contributed by atoms with van der Waals surface area (Å²) in [5.74, 6) is 1.28. The average Bonchev–Trinajstić information content (AvgIpc) is 3.12. The largest absolute Gasteiger partial charge is 0.353 e. The standard InChI is InChI=1S/C19H18Cl2FN5O/c20-16-3-1-11(7-24-16)2-4-17(28)23-6-5-12-13-9-27(10-14(12)13)18-15(22)8-25-19(21)26-18/h1-4,7-8,12-14H,5-6,9-10H2,(H,23,28)/b4-2+/t12?,13-,14+. The van der Waals surface area contributed by atoms with Crippen LogP contribution in [0.5, 0.6) is 0 Å². The molecule has 2 fully saturated rings. The SMILES string of the molecule is O=C(/C=C/c1ccc(Cl)nc1)NCCC1[C@H]2CN(c3nc(Cl)ncc3F)C[C@@H]12. The number of rotatable bonds is 6. The zero-order valence-corrected chi connectivity index (χ0v) is 16.4. The maximum absolute atomic E-state index is 13.9. The quantitative estimate of drug-likeness (QED) is 0.440. The van der Waals surface area contributed by atoms with E-state index < -0.39 is 5.82 Å². The van der Waals surface area contributed by atoms with Gasteiger partial charge >= 0.3 is 0 Å². The minimum absolute atomic E-state index is 0.0543. The van der Waals surface area contributed by atoms with Crippen molar-refractivity contribution in [3.05, 3.63) is 52.4 Å². The molecule has 3 heterocycles. The summed E-state index contributed by atoms with van der Waals surface area (Å²) in [6.45, 7) is 2.14. The fraction of sp³-hybridized carbons (Fsp3) is 0.368. The van der Waals surface area contributed by atoms with E-state index in [1.807, 2.05) is 4.90 Å². The van der Waals surface area contributed by atoms with Crippen LogP contribution in [-0.4, -0.2) is 40.5 Å². The Balaban J connectivity index is 1.19. The van der Waals surface area contributed by atoms with Gasteiger partial charge in [0.15, 0.2) is 11.6 Å². The Bertz CT molecular complexity index is 896. The van der Waals surface area contributed by atoms with Crippen LogP contribution >= 0.6 is 23.2 Å². The number of hydrogen-bond donors (Lipinski definition) is 1. The molecule has 2 aromatic heterocycles. The summed E-state index contributed by atoms with van der Waals surface area (Å²) < 4.78 is 13.9. The third-order valence-electron chi connectivity index (χ3n) is 5.32. The molecule has 28 heavy (non-hydrogen) atoms. The van der Waals surface area contributed by atoms with E-state index in [1.54, 1.807) is 24.4 Å². The summed E-state index contributed by atoms with van der Waals surface area (Å²) >= 11 is 11.5. The maximum Gasteiger partial charge on any atom is 0.244 e. The Hall–Kier alpha value is -2.25. The Kier molecular flexibility index (Phi) is 5.46. The second kappa shape index (κ2) is 8.01. The van der Waals surface area contributed by atoms with E-state index in [4.69, 9.17) is 23.2 Å². The molecule has 0 spiro atoms. The van der Waals surface area contributed by atoms with Crippen molar-refractivity contribution in [3.63, 3.8) is 0 Å². The number of carbonyl (C=O) groups excluding carboxylic acids is 1. The molecule has 2 aromatic rings.